The number of hydrogen-bond donors (Lipinski definition) is 6. The first-order chi connectivity index (χ1) is 12.9. The van der Waals surface area contributed by atoms with Gasteiger partial charge in [0.05, 0.1) is 5.57 Å². The van der Waals surface area contributed by atoms with Crippen molar-refractivity contribution in [3.63, 3.8) is 0 Å². The molecule has 1 heterocycles. The number of aliphatic hydroxyl groups excluding tert-OH is 1. The third kappa shape index (κ3) is 6.17. The number of piperazine rings is 1. The first kappa shape index (κ1) is 20.6. The van der Waals surface area contributed by atoms with Crippen LogP contribution in [0.1, 0.15) is 6.42 Å². The van der Waals surface area contributed by atoms with E-state index in [2.05, 4.69) is 15.1 Å². The van der Waals surface area contributed by atoms with E-state index in [4.69, 9.17) is 26.8 Å². The van der Waals surface area contributed by atoms with E-state index in [-0.39, 0.29) is 11.4 Å². The van der Waals surface area contributed by atoms with Gasteiger partial charge in [-0.05, 0) is 30.3 Å². The molecule has 1 aliphatic heterocycles. The van der Waals surface area contributed by atoms with E-state index in [1.54, 1.807) is 0 Å². The number of nitrogens with one attached hydrogen (secondary N) is 3. The molecule has 2 rings (SSSR count). The molecule has 1 fully saturated rings. The summed E-state index contributed by atoms with van der Waals surface area (Å²) >= 11 is 0. The van der Waals surface area contributed by atoms with Gasteiger partial charge in [-0.2, -0.15) is 0 Å². The van der Waals surface area contributed by atoms with Crippen LogP contribution >= 0.6 is 0 Å². The lowest BCUT2D eigenvalue weighted by atomic mass is 10.2. The molecule has 1 aliphatic rings. The monoisotopic (exact) mass is 374 g/mol. The number of hydrogen-bond acceptors (Lipinski definition) is 7. The Bertz CT molecular complexity index is 694. The van der Waals surface area contributed by atoms with Crippen LogP contribution < -0.4 is 16.0 Å². The van der Waals surface area contributed by atoms with Crippen LogP contribution in [0, 0.1) is 10.8 Å². The number of carbonyl (C=O) groups is 1. The fraction of sp³-hybridized carbons (Fsp3) is 0.389. The van der Waals surface area contributed by atoms with Crippen LogP contribution in [0.3, 0.4) is 0 Å². The number of anilines is 2. The Morgan fingerprint density at radius 3 is 2.37 bits per heavy atom. The summed E-state index contributed by atoms with van der Waals surface area (Å²) in [6, 6.07) is 7.52. The Morgan fingerprint density at radius 2 is 1.85 bits per heavy atom. The van der Waals surface area contributed by atoms with E-state index in [0.29, 0.717) is 18.7 Å². The lowest BCUT2D eigenvalue weighted by molar-refractivity contribution is -0.114. The van der Waals surface area contributed by atoms with Gasteiger partial charge in [0.2, 0.25) is 0 Å². The highest BCUT2D eigenvalue weighted by Crippen LogP contribution is 2.20. The van der Waals surface area contributed by atoms with E-state index in [1.807, 2.05) is 24.3 Å². The second-order valence-electron chi connectivity index (χ2n) is 6.26. The average molecular weight is 374 g/mol. The third-order valence-corrected chi connectivity index (χ3v) is 4.36. The van der Waals surface area contributed by atoms with E-state index in [9.17, 15) is 4.79 Å². The molecule has 1 aromatic rings. The highest BCUT2D eigenvalue weighted by molar-refractivity contribution is 6.25. The fourth-order valence-corrected chi connectivity index (χ4v) is 2.87. The Hall–Kier alpha value is -2.75. The lowest BCUT2D eigenvalue weighted by Gasteiger charge is -2.36. The number of nitrogens with zero attached hydrogens (tertiary/aromatic N) is 2. The van der Waals surface area contributed by atoms with Crippen molar-refractivity contribution in [2.24, 2.45) is 5.73 Å². The largest absolute Gasteiger partial charge is 0.369 e. The van der Waals surface area contributed by atoms with Crippen LogP contribution in [0.5, 0.6) is 0 Å². The smallest absolute Gasteiger partial charge is 0.252 e. The lowest BCUT2D eigenvalue weighted by Crippen LogP contribution is -2.47. The quantitative estimate of drug-likeness (QED) is 0.163. The van der Waals surface area contributed by atoms with Crippen molar-refractivity contribution >= 4 is 29.3 Å². The number of amides is 1. The molecule has 0 spiro atoms. The zero-order valence-corrected chi connectivity index (χ0v) is 15.1. The van der Waals surface area contributed by atoms with E-state index in [0.717, 1.165) is 38.1 Å². The number of amidine groups is 1. The molecule has 27 heavy (non-hydrogen) atoms. The number of aliphatic hydroxyl groups is 2. The maximum atomic E-state index is 11.3. The molecule has 0 saturated carbocycles. The standard InChI is InChI=1S/C18H26N6O3/c19-7-5-15(18(21)27)17(20)22-13-1-3-14(4-2-13)24-11-9-23(10-12-24)8-6-16(25)26/h1-5,7,16,19,25-26H,6,8-12H2,(H2,20,22)(H2,21,27)/b15-5-,19-7?. The topological polar surface area (TPSA) is 150 Å². The van der Waals surface area contributed by atoms with Gasteiger partial charge >= 0.3 is 0 Å². The van der Waals surface area contributed by atoms with Gasteiger partial charge in [-0.15, -0.1) is 0 Å². The molecule has 9 heteroatoms. The molecular formula is C18H26N6O3. The molecule has 0 bridgehead atoms. The summed E-state index contributed by atoms with van der Waals surface area (Å²) in [5, 5.41) is 35.7. The van der Waals surface area contributed by atoms with E-state index in [1.165, 1.54) is 6.08 Å². The van der Waals surface area contributed by atoms with Crippen LogP contribution in [-0.2, 0) is 4.79 Å². The Balaban J connectivity index is 1.90. The number of carbonyl (C=O) groups excluding carboxylic acids is 1. The summed E-state index contributed by atoms with van der Waals surface area (Å²) in [6.45, 7) is 4.07. The van der Waals surface area contributed by atoms with Gasteiger partial charge < -0.3 is 31.6 Å². The Labute approximate surface area is 158 Å². The SMILES string of the molecule is N=C/C=C(/C(=N)Nc1ccc(N2CCN(CCC(O)O)CC2)cc1)C(N)=O. The van der Waals surface area contributed by atoms with Gasteiger partial charge in [0.25, 0.3) is 5.91 Å². The molecule has 146 valence electrons. The van der Waals surface area contributed by atoms with Gasteiger partial charge in [-0.3, -0.25) is 15.1 Å². The Morgan fingerprint density at radius 1 is 1.22 bits per heavy atom. The van der Waals surface area contributed by atoms with E-state index < -0.39 is 12.2 Å². The molecule has 0 aromatic heterocycles. The fourth-order valence-electron chi connectivity index (χ4n) is 2.87. The number of rotatable bonds is 8. The molecule has 0 radical (unpaired) electrons. The van der Waals surface area contributed by atoms with Crippen molar-refractivity contribution in [1.29, 1.82) is 10.8 Å². The first-order valence-corrected chi connectivity index (χ1v) is 8.70. The van der Waals surface area contributed by atoms with Gasteiger partial charge in [-0.25, -0.2) is 0 Å². The van der Waals surface area contributed by atoms with Gasteiger partial charge in [0, 0.05) is 56.7 Å². The summed E-state index contributed by atoms with van der Waals surface area (Å²) in [4.78, 5) is 15.8. The predicted octanol–water partition coefficient (Wildman–Crippen LogP) is -0.0402. The second kappa shape index (κ2) is 9.81. The second-order valence-corrected chi connectivity index (χ2v) is 6.26. The molecule has 7 N–H and O–H groups in total. The summed E-state index contributed by atoms with van der Waals surface area (Å²) in [5.41, 5.74) is 6.87. The van der Waals surface area contributed by atoms with Gasteiger partial charge in [-0.1, -0.05) is 0 Å². The number of nitrogens with two attached hydrogens (primary N) is 1. The van der Waals surface area contributed by atoms with E-state index >= 15 is 0 Å². The maximum absolute atomic E-state index is 11.3. The van der Waals surface area contributed by atoms with Crippen molar-refractivity contribution in [2.45, 2.75) is 12.7 Å². The van der Waals surface area contributed by atoms with Crippen molar-refractivity contribution in [3.8, 4) is 0 Å². The average Bonchev–Trinajstić information content (AvgIpc) is 2.65. The van der Waals surface area contributed by atoms with Crippen molar-refractivity contribution in [3.05, 3.63) is 35.9 Å². The number of benzene rings is 1. The number of primary amides is 1. The molecular weight excluding hydrogens is 348 g/mol. The summed E-state index contributed by atoms with van der Waals surface area (Å²) < 4.78 is 0. The maximum Gasteiger partial charge on any atom is 0.252 e. The highest BCUT2D eigenvalue weighted by Gasteiger charge is 2.18. The summed E-state index contributed by atoms with van der Waals surface area (Å²) in [7, 11) is 0. The van der Waals surface area contributed by atoms with Crippen molar-refractivity contribution < 1.29 is 15.0 Å². The minimum Gasteiger partial charge on any atom is -0.369 e. The normalized spacial score (nSPS) is 15.7. The minimum atomic E-state index is -1.26. The molecule has 1 amide bonds. The molecule has 9 nitrogen and oxygen atoms in total. The first-order valence-electron chi connectivity index (χ1n) is 8.70. The van der Waals surface area contributed by atoms with Crippen molar-refractivity contribution in [2.75, 3.05) is 42.9 Å². The van der Waals surface area contributed by atoms with Crippen LogP contribution in [0.15, 0.2) is 35.9 Å². The minimum absolute atomic E-state index is 0.0572. The number of allylic oxidation sites excluding steroid dienone is 1. The molecule has 1 aromatic carbocycles. The van der Waals surface area contributed by atoms with Crippen LogP contribution in [-0.4, -0.2) is 72.1 Å². The predicted molar refractivity (Wildman–Crippen MR) is 105 cm³/mol. The molecule has 0 atom stereocenters. The van der Waals surface area contributed by atoms with Gasteiger partial charge in [0.15, 0.2) is 6.29 Å². The Kier molecular flexibility index (Phi) is 7.47. The third-order valence-electron chi connectivity index (χ3n) is 4.36. The zero-order chi connectivity index (χ0) is 19.8. The zero-order valence-electron chi connectivity index (χ0n) is 15.1. The molecule has 0 unspecified atom stereocenters. The van der Waals surface area contributed by atoms with Gasteiger partial charge in [0.1, 0.15) is 5.84 Å². The van der Waals surface area contributed by atoms with Crippen LogP contribution in [0.2, 0.25) is 0 Å². The highest BCUT2D eigenvalue weighted by atomic mass is 16.5. The molecule has 0 aliphatic carbocycles. The summed E-state index contributed by atoms with van der Waals surface area (Å²) in [6.07, 6.45) is 1.19. The van der Waals surface area contributed by atoms with Crippen LogP contribution in [0.25, 0.3) is 0 Å². The molecule has 1 saturated heterocycles. The van der Waals surface area contributed by atoms with Crippen LogP contribution in [0.4, 0.5) is 11.4 Å². The summed E-state index contributed by atoms with van der Waals surface area (Å²) in [5.74, 6) is -0.919. The van der Waals surface area contributed by atoms with Crippen molar-refractivity contribution in [1.82, 2.24) is 4.90 Å².